The largest absolute Gasteiger partial charge is 0.368 e. The van der Waals surface area contributed by atoms with Crippen molar-refractivity contribution < 1.29 is 9.59 Å². The normalized spacial score (nSPS) is 10.0. The van der Waals surface area contributed by atoms with Gasteiger partial charge in [0, 0.05) is 4.90 Å². The minimum atomic E-state index is -0.584. The minimum Gasteiger partial charge on any atom is -0.368 e. The van der Waals surface area contributed by atoms with E-state index < -0.39 is 5.91 Å². The van der Waals surface area contributed by atoms with Crippen molar-refractivity contribution in [3.63, 3.8) is 0 Å². The third kappa shape index (κ3) is 4.85. The molecule has 0 heterocycles. The molecule has 0 radical (unpaired) electrons. The molecule has 0 spiro atoms. The SMILES string of the molecule is NC(=O)CNC(=O)CSc1c(Cl)cccc1Cl. The van der Waals surface area contributed by atoms with E-state index in [1.54, 1.807) is 18.2 Å². The van der Waals surface area contributed by atoms with Crippen LogP contribution >= 0.6 is 35.0 Å². The summed E-state index contributed by atoms with van der Waals surface area (Å²) < 4.78 is 0. The van der Waals surface area contributed by atoms with Crippen LogP contribution in [0.2, 0.25) is 10.0 Å². The van der Waals surface area contributed by atoms with E-state index in [0.29, 0.717) is 14.9 Å². The van der Waals surface area contributed by atoms with Crippen molar-refractivity contribution in [1.29, 1.82) is 0 Å². The molecule has 0 unspecified atom stereocenters. The fourth-order valence-electron chi connectivity index (χ4n) is 0.995. The van der Waals surface area contributed by atoms with Crippen molar-refractivity contribution in [2.75, 3.05) is 12.3 Å². The maximum Gasteiger partial charge on any atom is 0.236 e. The lowest BCUT2D eigenvalue weighted by molar-refractivity contribution is -0.123. The Hall–Kier alpha value is -0.910. The Balaban J connectivity index is 2.50. The predicted molar refractivity (Wildman–Crippen MR) is 69.4 cm³/mol. The average Bonchev–Trinajstić information content (AvgIpc) is 2.25. The molecular formula is C10H10Cl2N2O2S. The summed E-state index contributed by atoms with van der Waals surface area (Å²) in [7, 11) is 0. The van der Waals surface area contributed by atoms with E-state index in [2.05, 4.69) is 5.32 Å². The van der Waals surface area contributed by atoms with Crippen LogP contribution in [-0.2, 0) is 9.59 Å². The molecule has 0 saturated heterocycles. The maximum atomic E-state index is 11.3. The monoisotopic (exact) mass is 292 g/mol. The highest BCUT2D eigenvalue weighted by Crippen LogP contribution is 2.33. The standard InChI is InChI=1S/C10H10Cl2N2O2S/c11-6-2-1-3-7(12)10(6)17-5-9(16)14-4-8(13)15/h1-3H,4-5H2,(H2,13,15)(H,14,16). The Kier molecular flexibility index (Phi) is 5.61. The zero-order valence-electron chi connectivity index (χ0n) is 8.70. The molecule has 0 bridgehead atoms. The van der Waals surface area contributed by atoms with Gasteiger partial charge in [0.25, 0.3) is 0 Å². The van der Waals surface area contributed by atoms with Gasteiger partial charge in [-0.2, -0.15) is 0 Å². The molecule has 17 heavy (non-hydrogen) atoms. The number of carbonyl (C=O) groups is 2. The number of hydrogen-bond donors (Lipinski definition) is 2. The molecule has 0 atom stereocenters. The molecule has 1 rings (SSSR count). The molecule has 0 aliphatic rings. The summed E-state index contributed by atoms with van der Waals surface area (Å²) in [5.41, 5.74) is 4.89. The highest BCUT2D eigenvalue weighted by Gasteiger charge is 2.09. The molecule has 3 N–H and O–H groups in total. The van der Waals surface area contributed by atoms with Gasteiger partial charge in [0.15, 0.2) is 0 Å². The third-order valence-corrected chi connectivity index (χ3v) is 3.72. The molecule has 0 saturated carbocycles. The van der Waals surface area contributed by atoms with Crippen molar-refractivity contribution in [2.24, 2.45) is 5.73 Å². The number of primary amides is 1. The van der Waals surface area contributed by atoms with Gasteiger partial charge in [-0.1, -0.05) is 29.3 Å². The molecule has 7 heteroatoms. The van der Waals surface area contributed by atoms with Crippen LogP contribution in [0.4, 0.5) is 0 Å². The highest BCUT2D eigenvalue weighted by molar-refractivity contribution is 8.00. The Morgan fingerprint density at radius 3 is 2.41 bits per heavy atom. The van der Waals surface area contributed by atoms with Gasteiger partial charge in [-0.15, -0.1) is 11.8 Å². The highest BCUT2D eigenvalue weighted by atomic mass is 35.5. The van der Waals surface area contributed by atoms with Gasteiger partial charge in [-0.3, -0.25) is 9.59 Å². The maximum absolute atomic E-state index is 11.3. The molecule has 0 aliphatic heterocycles. The molecule has 0 aliphatic carbocycles. The topological polar surface area (TPSA) is 72.2 Å². The van der Waals surface area contributed by atoms with Crippen LogP contribution < -0.4 is 11.1 Å². The van der Waals surface area contributed by atoms with Crippen LogP contribution in [0.25, 0.3) is 0 Å². The number of nitrogens with two attached hydrogens (primary N) is 1. The van der Waals surface area contributed by atoms with E-state index >= 15 is 0 Å². The van der Waals surface area contributed by atoms with Crippen molar-refractivity contribution in [2.45, 2.75) is 4.90 Å². The van der Waals surface area contributed by atoms with Gasteiger partial charge in [0.1, 0.15) is 0 Å². The first-order valence-electron chi connectivity index (χ1n) is 4.62. The lowest BCUT2D eigenvalue weighted by atomic mass is 10.4. The van der Waals surface area contributed by atoms with E-state index in [4.69, 9.17) is 28.9 Å². The van der Waals surface area contributed by atoms with E-state index in [0.717, 1.165) is 0 Å². The number of thioether (sulfide) groups is 1. The Bertz CT molecular complexity index is 420. The van der Waals surface area contributed by atoms with E-state index in [1.807, 2.05) is 0 Å². The quantitative estimate of drug-likeness (QED) is 0.811. The number of hydrogen-bond acceptors (Lipinski definition) is 3. The Labute approximate surface area is 113 Å². The fraction of sp³-hybridized carbons (Fsp3) is 0.200. The lowest BCUT2D eigenvalue weighted by Gasteiger charge is -2.06. The van der Waals surface area contributed by atoms with Crippen LogP contribution in [0, 0.1) is 0 Å². The second-order valence-electron chi connectivity index (χ2n) is 3.08. The summed E-state index contributed by atoms with van der Waals surface area (Å²) in [5.74, 6) is -0.764. The number of amides is 2. The number of benzene rings is 1. The van der Waals surface area contributed by atoms with Crippen molar-refractivity contribution in [3.8, 4) is 0 Å². The Morgan fingerprint density at radius 2 is 1.88 bits per heavy atom. The summed E-state index contributed by atoms with van der Waals surface area (Å²) in [6.07, 6.45) is 0. The smallest absolute Gasteiger partial charge is 0.236 e. The van der Waals surface area contributed by atoms with Gasteiger partial charge in [-0.05, 0) is 12.1 Å². The zero-order valence-corrected chi connectivity index (χ0v) is 11.0. The molecule has 2 amide bonds. The molecule has 0 fully saturated rings. The lowest BCUT2D eigenvalue weighted by Crippen LogP contribution is -2.34. The van der Waals surface area contributed by atoms with Crippen LogP contribution in [0.1, 0.15) is 0 Å². The summed E-state index contributed by atoms with van der Waals surface area (Å²) in [5, 5.41) is 3.35. The second kappa shape index (κ2) is 6.74. The average molecular weight is 293 g/mol. The van der Waals surface area contributed by atoms with E-state index in [1.165, 1.54) is 11.8 Å². The summed E-state index contributed by atoms with van der Waals surface area (Å²) in [4.78, 5) is 22.4. The van der Waals surface area contributed by atoms with Gasteiger partial charge in [-0.25, -0.2) is 0 Å². The van der Waals surface area contributed by atoms with E-state index in [9.17, 15) is 9.59 Å². The van der Waals surface area contributed by atoms with Crippen LogP contribution in [0.5, 0.6) is 0 Å². The fourth-order valence-corrected chi connectivity index (χ4v) is 2.51. The molecule has 4 nitrogen and oxygen atoms in total. The summed E-state index contributed by atoms with van der Waals surface area (Å²) in [6, 6.07) is 5.11. The first kappa shape index (κ1) is 14.2. The minimum absolute atomic E-state index is 0.122. The third-order valence-electron chi connectivity index (χ3n) is 1.73. The summed E-state index contributed by atoms with van der Waals surface area (Å²) >= 11 is 13.1. The Morgan fingerprint density at radius 1 is 1.29 bits per heavy atom. The van der Waals surface area contributed by atoms with Gasteiger partial charge in [0.05, 0.1) is 22.3 Å². The molecule has 1 aromatic rings. The first-order chi connectivity index (χ1) is 8.00. The zero-order chi connectivity index (χ0) is 12.8. The number of carbonyl (C=O) groups excluding carboxylic acids is 2. The second-order valence-corrected chi connectivity index (χ2v) is 4.88. The number of nitrogens with one attached hydrogen (secondary N) is 1. The van der Waals surface area contributed by atoms with Crippen molar-refractivity contribution in [3.05, 3.63) is 28.2 Å². The van der Waals surface area contributed by atoms with Gasteiger partial charge >= 0.3 is 0 Å². The summed E-state index contributed by atoms with van der Waals surface area (Å²) in [6.45, 7) is -0.171. The first-order valence-corrected chi connectivity index (χ1v) is 6.36. The van der Waals surface area contributed by atoms with Crippen LogP contribution in [-0.4, -0.2) is 24.1 Å². The van der Waals surface area contributed by atoms with Gasteiger partial charge in [0.2, 0.25) is 11.8 Å². The molecule has 1 aromatic carbocycles. The van der Waals surface area contributed by atoms with Gasteiger partial charge < -0.3 is 11.1 Å². The molecular weight excluding hydrogens is 283 g/mol. The van der Waals surface area contributed by atoms with Crippen LogP contribution in [0.3, 0.4) is 0 Å². The number of rotatable bonds is 5. The predicted octanol–water partition coefficient (Wildman–Crippen LogP) is 1.69. The number of halogens is 2. The van der Waals surface area contributed by atoms with E-state index in [-0.39, 0.29) is 18.2 Å². The molecule has 92 valence electrons. The van der Waals surface area contributed by atoms with Crippen molar-refractivity contribution in [1.82, 2.24) is 5.32 Å². The van der Waals surface area contributed by atoms with Crippen molar-refractivity contribution >= 4 is 46.8 Å². The van der Waals surface area contributed by atoms with Crippen LogP contribution in [0.15, 0.2) is 23.1 Å². The molecule has 0 aromatic heterocycles.